The van der Waals surface area contributed by atoms with Crippen molar-refractivity contribution in [1.82, 2.24) is 14.8 Å². The summed E-state index contributed by atoms with van der Waals surface area (Å²) >= 11 is 0. The molecule has 2 aromatic carbocycles. The first-order chi connectivity index (χ1) is 15.4. The number of hydrogen-bond acceptors (Lipinski definition) is 7. The second-order valence-electron chi connectivity index (χ2n) is 6.79. The van der Waals surface area contributed by atoms with Crippen molar-refractivity contribution in [3.05, 3.63) is 82.4 Å². The van der Waals surface area contributed by atoms with Crippen LogP contribution in [0.3, 0.4) is 0 Å². The first-order valence-electron chi connectivity index (χ1n) is 9.50. The Morgan fingerprint density at radius 1 is 1.09 bits per heavy atom. The predicted octanol–water partition coefficient (Wildman–Crippen LogP) is 3.87. The van der Waals surface area contributed by atoms with Crippen LogP contribution in [0.25, 0.3) is 10.9 Å². The number of hydrogen-bond donors (Lipinski definition) is 2. The van der Waals surface area contributed by atoms with Crippen LogP contribution >= 0.6 is 0 Å². The van der Waals surface area contributed by atoms with Gasteiger partial charge in [0, 0.05) is 11.6 Å². The fourth-order valence-corrected chi connectivity index (χ4v) is 3.01. The van der Waals surface area contributed by atoms with Crippen LogP contribution in [0.5, 0.6) is 5.75 Å². The van der Waals surface area contributed by atoms with E-state index in [1.54, 1.807) is 31.3 Å². The average Bonchev–Trinajstić information content (AvgIpc) is 3.09. The summed E-state index contributed by atoms with van der Waals surface area (Å²) in [7, 11) is 0. The molecule has 2 aromatic heterocycles. The number of benzene rings is 2. The molecule has 0 saturated carbocycles. The van der Waals surface area contributed by atoms with Gasteiger partial charge in [-0.3, -0.25) is 19.7 Å². The molecule has 0 aliphatic rings. The van der Waals surface area contributed by atoms with Crippen LogP contribution in [-0.2, 0) is 0 Å². The van der Waals surface area contributed by atoms with E-state index in [1.165, 1.54) is 24.3 Å². The molecule has 10 nitrogen and oxygen atoms in total. The van der Waals surface area contributed by atoms with Gasteiger partial charge in [0.1, 0.15) is 11.3 Å². The highest BCUT2D eigenvalue weighted by molar-refractivity contribution is 5.88. The summed E-state index contributed by atoms with van der Waals surface area (Å²) in [5.74, 6) is -1.24. The van der Waals surface area contributed by atoms with Gasteiger partial charge < -0.3 is 9.84 Å². The zero-order valence-corrected chi connectivity index (χ0v) is 16.8. The van der Waals surface area contributed by atoms with Crippen LogP contribution in [-0.4, -0.2) is 38.4 Å². The number of carboxylic acids is 1. The van der Waals surface area contributed by atoms with Crippen molar-refractivity contribution in [2.24, 2.45) is 10.2 Å². The molecular formula is C22H17N5O5. The van der Waals surface area contributed by atoms with Gasteiger partial charge in [-0.1, -0.05) is 18.2 Å². The lowest BCUT2D eigenvalue weighted by Gasteiger charge is -2.07. The molecule has 0 unspecified atom stereocenters. The highest BCUT2D eigenvalue weighted by Crippen LogP contribution is 2.23. The third-order valence-corrected chi connectivity index (χ3v) is 4.62. The highest BCUT2D eigenvalue weighted by atomic mass is 16.5. The number of ether oxygens (including phenoxy) is 1. The zero-order chi connectivity index (χ0) is 22.7. The summed E-state index contributed by atoms with van der Waals surface area (Å²) in [6.45, 7) is 1.20. The van der Waals surface area contributed by atoms with E-state index in [1.807, 2.05) is 12.1 Å². The number of pyridine rings is 1. The van der Waals surface area contributed by atoms with Gasteiger partial charge in [-0.2, -0.15) is 9.80 Å². The number of nitrogens with one attached hydrogen (secondary N) is 1. The maximum absolute atomic E-state index is 12.6. The van der Waals surface area contributed by atoms with Gasteiger partial charge in [-0.05, 0) is 43.3 Å². The minimum absolute atomic E-state index is 0.0347. The number of fused-ring (bicyclic) bond motifs is 1. The van der Waals surface area contributed by atoms with Gasteiger partial charge >= 0.3 is 11.5 Å². The molecule has 0 fully saturated rings. The van der Waals surface area contributed by atoms with Crippen molar-refractivity contribution < 1.29 is 19.4 Å². The monoisotopic (exact) mass is 431 g/mol. The van der Waals surface area contributed by atoms with E-state index < -0.39 is 17.4 Å². The smallest absolute Gasteiger partial charge is 0.335 e. The quantitative estimate of drug-likeness (QED) is 0.444. The molecule has 0 spiro atoms. The first-order valence-corrected chi connectivity index (χ1v) is 9.50. The van der Waals surface area contributed by atoms with E-state index in [-0.39, 0.29) is 17.9 Å². The van der Waals surface area contributed by atoms with Crippen LogP contribution in [0.1, 0.15) is 20.8 Å². The lowest BCUT2D eigenvalue weighted by atomic mass is 10.2. The highest BCUT2D eigenvalue weighted by Gasteiger charge is 2.17. The normalized spacial score (nSPS) is 11.2. The third kappa shape index (κ3) is 4.15. The molecule has 4 rings (SSSR count). The Labute approximate surface area is 180 Å². The number of aromatic amines is 1. The number of aromatic nitrogens is 3. The van der Waals surface area contributed by atoms with Gasteiger partial charge in [0.15, 0.2) is 12.3 Å². The zero-order valence-electron chi connectivity index (χ0n) is 16.8. The van der Waals surface area contributed by atoms with E-state index >= 15 is 0 Å². The number of aryl methyl sites for hydroxylation is 1. The standard InChI is InChI=1S/C22H17N5O5/c1-13-19(25-24-16-9-7-15(8-10-16)22(30)31)21(29)27(26-13)18(28)12-32-17-6-2-4-14-5-3-11-23-20(14)17/h2-11,26H,12H2,1H3,(H,30,31). The Hall–Kier alpha value is -4.60. The van der Waals surface area contributed by atoms with Crippen molar-refractivity contribution >= 4 is 34.2 Å². The molecule has 2 N–H and O–H groups in total. The molecule has 160 valence electrons. The Morgan fingerprint density at radius 3 is 2.59 bits per heavy atom. The maximum Gasteiger partial charge on any atom is 0.335 e. The van der Waals surface area contributed by atoms with E-state index in [0.717, 1.165) is 10.1 Å². The van der Waals surface area contributed by atoms with Gasteiger partial charge in [-0.15, -0.1) is 5.11 Å². The molecule has 0 saturated heterocycles. The van der Waals surface area contributed by atoms with Crippen LogP contribution < -0.4 is 10.3 Å². The van der Waals surface area contributed by atoms with Crippen LogP contribution in [0.2, 0.25) is 0 Å². The summed E-state index contributed by atoms with van der Waals surface area (Å²) in [6, 6.07) is 14.7. The summed E-state index contributed by atoms with van der Waals surface area (Å²) in [5.41, 5.74) is 0.726. The summed E-state index contributed by atoms with van der Waals surface area (Å²) in [6.07, 6.45) is 1.63. The summed E-state index contributed by atoms with van der Waals surface area (Å²) < 4.78 is 6.42. The molecule has 0 bridgehead atoms. The van der Waals surface area contributed by atoms with Gasteiger partial charge in [0.05, 0.1) is 16.9 Å². The Bertz CT molecular complexity index is 1400. The fraction of sp³-hybridized carbons (Fsp3) is 0.0909. The summed E-state index contributed by atoms with van der Waals surface area (Å²) in [4.78, 5) is 40.4. The average molecular weight is 431 g/mol. The number of para-hydroxylation sites is 1. The first kappa shape index (κ1) is 20.7. The SMILES string of the molecule is Cc1[nH]n(C(=O)COc2cccc3cccnc23)c(=O)c1N=Nc1ccc(C(=O)O)cc1. The summed E-state index contributed by atoms with van der Waals surface area (Å²) in [5, 5.41) is 20.3. The molecule has 32 heavy (non-hydrogen) atoms. The number of carbonyl (C=O) groups excluding carboxylic acids is 1. The van der Waals surface area contributed by atoms with Crippen LogP contribution in [0.4, 0.5) is 11.4 Å². The number of nitrogens with zero attached hydrogens (tertiary/aromatic N) is 4. The van der Waals surface area contributed by atoms with E-state index in [2.05, 4.69) is 20.3 Å². The number of azo groups is 1. The Morgan fingerprint density at radius 2 is 1.84 bits per heavy atom. The van der Waals surface area contributed by atoms with Crippen LogP contribution in [0.15, 0.2) is 75.8 Å². The molecule has 10 heteroatoms. The van der Waals surface area contributed by atoms with Crippen molar-refractivity contribution in [2.75, 3.05) is 6.61 Å². The van der Waals surface area contributed by atoms with Gasteiger partial charge in [0.2, 0.25) is 0 Å². The van der Waals surface area contributed by atoms with Gasteiger partial charge in [-0.25, -0.2) is 4.79 Å². The minimum atomic E-state index is -1.06. The third-order valence-electron chi connectivity index (χ3n) is 4.62. The second kappa shape index (κ2) is 8.64. The van der Waals surface area contributed by atoms with Crippen LogP contribution in [0, 0.1) is 6.92 Å². The largest absolute Gasteiger partial charge is 0.481 e. The second-order valence-corrected chi connectivity index (χ2v) is 6.79. The number of carbonyl (C=O) groups is 2. The molecule has 0 radical (unpaired) electrons. The molecule has 4 aromatic rings. The van der Waals surface area contributed by atoms with Crippen molar-refractivity contribution in [3.63, 3.8) is 0 Å². The molecule has 0 amide bonds. The topological polar surface area (TPSA) is 139 Å². The maximum atomic E-state index is 12.6. The Kier molecular flexibility index (Phi) is 5.58. The minimum Gasteiger partial charge on any atom is -0.481 e. The van der Waals surface area contributed by atoms with Crippen molar-refractivity contribution in [3.8, 4) is 5.75 Å². The molecule has 0 aliphatic heterocycles. The molecular weight excluding hydrogens is 414 g/mol. The van der Waals surface area contributed by atoms with E-state index in [0.29, 0.717) is 22.6 Å². The Balaban J connectivity index is 1.51. The molecule has 0 atom stereocenters. The lowest BCUT2D eigenvalue weighted by Crippen LogP contribution is -2.29. The number of rotatable bonds is 6. The number of H-pyrrole nitrogens is 1. The molecule has 2 heterocycles. The van der Waals surface area contributed by atoms with Crippen molar-refractivity contribution in [2.45, 2.75) is 6.92 Å². The fourth-order valence-electron chi connectivity index (χ4n) is 3.01. The lowest BCUT2D eigenvalue weighted by molar-refractivity contribution is 0.0696. The molecule has 0 aliphatic carbocycles. The van der Waals surface area contributed by atoms with E-state index in [9.17, 15) is 14.4 Å². The number of aromatic carboxylic acids is 1. The number of carboxylic acid groups (broad SMARTS) is 1. The predicted molar refractivity (Wildman–Crippen MR) is 115 cm³/mol. The van der Waals surface area contributed by atoms with Crippen molar-refractivity contribution in [1.29, 1.82) is 0 Å². The van der Waals surface area contributed by atoms with E-state index in [4.69, 9.17) is 9.84 Å². The van der Waals surface area contributed by atoms with Gasteiger partial charge in [0.25, 0.3) is 5.91 Å².